The molecule has 7 nitrogen and oxygen atoms in total. The summed E-state index contributed by atoms with van der Waals surface area (Å²) in [4.78, 5) is 35.9. The van der Waals surface area contributed by atoms with Crippen molar-refractivity contribution in [2.75, 3.05) is 19.5 Å². The van der Waals surface area contributed by atoms with Gasteiger partial charge in [0.25, 0.3) is 5.56 Å². The molecule has 36 heavy (non-hydrogen) atoms. The Balaban J connectivity index is 1.72. The maximum absolute atomic E-state index is 14.4. The third kappa shape index (κ3) is 2.80. The second-order valence-corrected chi connectivity index (χ2v) is 9.80. The van der Waals surface area contributed by atoms with Crippen LogP contribution in [0, 0.1) is 5.82 Å². The lowest BCUT2D eigenvalue weighted by Gasteiger charge is -2.49. The molecule has 2 aliphatic heterocycles. The molecule has 2 aliphatic rings. The average molecular weight is 500 g/mol. The van der Waals surface area contributed by atoms with Gasteiger partial charge >= 0.3 is 6.03 Å². The molecule has 0 saturated carbocycles. The molecule has 0 radical (unpaired) electrons. The van der Waals surface area contributed by atoms with Gasteiger partial charge < -0.3 is 0 Å². The van der Waals surface area contributed by atoms with E-state index in [1.807, 2.05) is 60.7 Å². The van der Waals surface area contributed by atoms with E-state index in [0.29, 0.717) is 14.9 Å². The molecule has 1 saturated heterocycles. The Morgan fingerprint density at radius 2 is 1.47 bits per heavy atom. The molecule has 180 valence electrons. The summed E-state index contributed by atoms with van der Waals surface area (Å²) >= 11 is 1.15. The van der Waals surface area contributed by atoms with Crippen LogP contribution >= 0.6 is 11.3 Å². The fourth-order valence-corrected chi connectivity index (χ4v) is 6.21. The van der Waals surface area contributed by atoms with Gasteiger partial charge in [-0.3, -0.25) is 20.0 Å². The highest BCUT2D eigenvalue weighted by molar-refractivity contribution is 7.07. The van der Waals surface area contributed by atoms with Crippen LogP contribution in [0.2, 0.25) is 0 Å². The van der Waals surface area contributed by atoms with Crippen molar-refractivity contribution >= 4 is 23.4 Å². The minimum Gasteiger partial charge on any atom is -0.295 e. The number of carbonyl (C=O) groups excluding carboxylic acids is 1. The van der Waals surface area contributed by atoms with Crippen molar-refractivity contribution < 1.29 is 9.18 Å². The molecule has 4 aromatic rings. The number of rotatable bonds is 3. The zero-order valence-corrected chi connectivity index (χ0v) is 20.4. The molecule has 1 N–H and O–H groups in total. The summed E-state index contributed by atoms with van der Waals surface area (Å²) in [5.74, 6) is -0.415. The first-order valence-corrected chi connectivity index (χ1v) is 12.2. The molecule has 2 amide bonds. The van der Waals surface area contributed by atoms with Crippen LogP contribution in [0.1, 0.15) is 16.7 Å². The summed E-state index contributed by atoms with van der Waals surface area (Å²) in [5, 5.41) is 0. The van der Waals surface area contributed by atoms with Crippen molar-refractivity contribution in [3.05, 3.63) is 127 Å². The number of benzene rings is 3. The number of fused-ring (bicyclic) bond motifs is 2. The Morgan fingerprint density at radius 3 is 2.14 bits per heavy atom. The van der Waals surface area contributed by atoms with Crippen molar-refractivity contribution in [1.29, 1.82) is 0 Å². The summed E-state index contributed by atoms with van der Waals surface area (Å²) in [5.41, 5.74) is 2.43. The van der Waals surface area contributed by atoms with Crippen LogP contribution in [0.4, 0.5) is 9.18 Å². The second kappa shape index (κ2) is 7.89. The zero-order valence-electron chi connectivity index (χ0n) is 19.6. The van der Waals surface area contributed by atoms with Crippen LogP contribution in [0.25, 0.3) is 6.08 Å². The van der Waals surface area contributed by atoms with Crippen LogP contribution in [0.15, 0.2) is 94.7 Å². The second-order valence-electron chi connectivity index (χ2n) is 8.79. The Hall–Kier alpha value is -4.24. The molecule has 1 aromatic heterocycles. The van der Waals surface area contributed by atoms with Crippen molar-refractivity contribution in [1.82, 2.24) is 14.5 Å². The Bertz CT molecular complexity index is 1670. The fraction of sp³-hybridized carbons (Fsp3) is 0.148. The molecule has 1 fully saturated rings. The number of halogens is 1. The number of carbonyl (C=O) groups is 1. The smallest absolute Gasteiger partial charge is 0.295 e. The van der Waals surface area contributed by atoms with E-state index < -0.39 is 17.1 Å². The molecule has 3 aromatic carbocycles. The van der Waals surface area contributed by atoms with Gasteiger partial charge in [0.15, 0.2) is 0 Å². The number of aromatic nitrogens is 1. The van der Waals surface area contributed by atoms with Crippen LogP contribution < -0.4 is 20.3 Å². The van der Waals surface area contributed by atoms with Crippen molar-refractivity contribution in [2.45, 2.75) is 11.3 Å². The topological polar surface area (TPSA) is 69.9 Å². The first-order valence-electron chi connectivity index (χ1n) is 11.4. The summed E-state index contributed by atoms with van der Waals surface area (Å²) < 4.78 is 16.1. The normalized spacial score (nSPS) is 23.2. The first kappa shape index (κ1) is 22.2. The molecule has 2 atom stereocenters. The van der Waals surface area contributed by atoms with E-state index in [1.165, 1.54) is 16.8 Å². The lowest BCUT2D eigenvalue weighted by molar-refractivity contribution is 0.0648. The molecule has 0 bridgehead atoms. The number of nitrogens with zero attached hydrogens (tertiary/aromatic N) is 4. The minimum absolute atomic E-state index is 0.250. The van der Waals surface area contributed by atoms with Crippen LogP contribution in [0.3, 0.4) is 0 Å². The van der Waals surface area contributed by atoms with E-state index >= 15 is 0 Å². The van der Waals surface area contributed by atoms with Gasteiger partial charge in [-0.1, -0.05) is 90.2 Å². The van der Waals surface area contributed by atoms with E-state index in [1.54, 1.807) is 42.1 Å². The number of hydrogen-bond donors (Lipinski definition) is 1. The number of amides is 2. The van der Waals surface area contributed by atoms with Gasteiger partial charge in [-0.2, -0.15) is 4.68 Å². The molecular weight excluding hydrogens is 477 g/mol. The van der Waals surface area contributed by atoms with Crippen LogP contribution in [-0.2, 0) is 11.3 Å². The van der Waals surface area contributed by atoms with E-state index in [-0.39, 0.29) is 11.6 Å². The SMILES string of the molecule is CN1C(=O)N(C)C2(c3ccccc3)Nn3c(s/c(=C\c4ccccc4F)c3=O)=NC12c1ccccc1. The largest absolute Gasteiger partial charge is 0.324 e. The van der Waals surface area contributed by atoms with Crippen molar-refractivity contribution in [2.24, 2.45) is 4.99 Å². The molecule has 2 unspecified atom stereocenters. The molecule has 0 aliphatic carbocycles. The summed E-state index contributed by atoms with van der Waals surface area (Å²) in [7, 11) is 3.42. The summed E-state index contributed by atoms with van der Waals surface area (Å²) in [6, 6.07) is 25.1. The van der Waals surface area contributed by atoms with Gasteiger partial charge in [0.2, 0.25) is 16.1 Å². The van der Waals surface area contributed by atoms with Gasteiger partial charge in [-0.15, -0.1) is 0 Å². The Kier molecular flexibility index (Phi) is 4.87. The van der Waals surface area contributed by atoms with E-state index in [4.69, 9.17) is 4.99 Å². The number of nitrogens with one attached hydrogen (secondary N) is 1. The zero-order chi connectivity index (χ0) is 25.1. The van der Waals surface area contributed by atoms with E-state index in [0.717, 1.165) is 22.5 Å². The fourth-order valence-electron chi connectivity index (χ4n) is 5.25. The lowest BCUT2D eigenvalue weighted by Crippen LogP contribution is -2.67. The monoisotopic (exact) mass is 499 g/mol. The van der Waals surface area contributed by atoms with Gasteiger partial charge in [-0.25, -0.2) is 14.2 Å². The lowest BCUT2D eigenvalue weighted by atomic mass is 9.80. The quantitative estimate of drug-likeness (QED) is 0.471. The van der Waals surface area contributed by atoms with Gasteiger partial charge in [-0.05, 0) is 12.1 Å². The average Bonchev–Trinajstić information content (AvgIpc) is 3.30. The molecular formula is C27H22FN5O2S. The Morgan fingerprint density at radius 1 is 0.861 bits per heavy atom. The highest BCUT2D eigenvalue weighted by Gasteiger charge is 2.69. The summed E-state index contributed by atoms with van der Waals surface area (Å²) in [6.45, 7) is 0. The number of thiazole rings is 1. The van der Waals surface area contributed by atoms with Crippen molar-refractivity contribution in [3.8, 4) is 0 Å². The van der Waals surface area contributed by atoms with E-state index in [2.05, 4.69) is 5.43 Å². The van der Waals surface area contributed by atoms with Gasteiger partial charge in [0.1, 0.15) is 5.82 Å². The van der Waals surface area contributed by atoms with Crippen LogP contribution in [0.5, 0.6) is 0 Å². The van der Waals surface area contributed by atoms with E-state index in [9.17, 15) is 14.0 Å². The van der Waals surface area contributed by atoms with Gasteiger partial charge in [0, 0.05) is 30.8 Å². The highest BCUT2D eigenvalue weighted by atomic mass is 32.1. The molecule has 9 heteroatoms. The predicted octanol–water partition coefficient (Wildman–Crippen LogP) is 2.76. The standard InChI is InChI=1S/C27H22FN5O2S/c1-31-25(35)32(2)27(20-14-7-4-8-15-20)26(31,19-12-5-3-6-13-19)29-24-33(30-27)23(34)22(36-24)17-18-11-9-10-16-21(18)28/h3-17,30H,1-2H3/b22-17-. The highest BCUT2D eigenvalue weighted by Crippen LogP contribution is 2.53. The van der Waals surface area contributed by atoms with Crippen LogP contribution in [-0.4, -0.2) is 34.6 Å². The first-order chi connectivity index (χ1) is 17.4. The number of urea groups is 1. The van der Waals surface area contributed by atoms with Crippen molar-refractivity contribution in [3.63, 3.8) is 0 Å². The molecule has 6 rings (SSSR count). The third-order valence-electron chi connectivity index (χ3n) is 6.96. The molecule has 0 spiro atoms. The number of hydrogen-bond acceptors (Lipinski definition) is 5. The minimum atomic E-state index is -1.24. The number of likely N-dealkylation sites (N-methyl/N-ethyl adjacent to an activating group) is 2. The maximum atomic E-state index is 14.4. The maximum Gasteiger partial charge on any atom is 0.324 e. The third-order valence-corrected chi connectivity index (χ3v) is 7.93. The van der Waals surface area contributed by atoms with Gasteiger partial charge in [0.05, 0.1) is 4.53 Å². The summed E-state index contributed by atoms with van der Waals surface area (Å²) in [6.07, 6.45) is 1.53. The Labute approximate surface area is 210 Å². The predicted molar refractivity (Wildman–Crippen MR) is 136 cm³/mol. The molecule has 3 heterocycles.